The molecule has 1 heterocycles. The Bertz CT molecular complexity index is 382. The Labute approximate surface area is 123 Å². The molecule has 112 valence electrons. The van der Waals surface area contributed by atoms with Crippen LogP contribution in [0.25, 0.3) is 0 Å². The first-order valence-electron chi connectivity index (χ1n) is 7.71. The minimum Gasteiger partial charge on any atom is -0.383 e. The van der Waals surface area contributed by atoms with Crippen LogP contribution >= 0.6 is 0 Å². The molecule has 1 N–H and O–H groups in total. The van der Waals surface area contributed by atoms with Gasteiger partial charge < -0.3 is 10.1 Å². The van der Waals surface area contributed by atoms with E-state index in [1.165, 1.54) is 24.9 Å². The lowest BCUT2D eigenvalue weighted by Crippen LogP contribution is -2.39. The van der Waals surface area contributed by atoms with Crippen molar-refractivity contribution in [2.45, 2.75) is 31.8 Å². The molecule has 0 amide bonds. The highest BCUT2D eigenvalue weighted by Gasteiger charge is 2.28. The smallest absolute Gasteiger partial charge is 0.0618 e. The Morgan fingerprint density at radius 2 is 2.10 bits per heavy atom. The van der Waals surface area contributed by atoms with Crippen LogP contribution in [0.2, 0.25) is 0 Å². The molecule has 1 aromatic carbocycles. The SMILES string of the molecule is CN[C@@H](c1ccccc1)[C@@H](C)CN1CCC[C@@H]1COC. The molecule has 0 bridgehead atoms. The predicted octanol–water partition coefficient (Wildman–Crippen LogP) is 2.69. The monoisotopic (exact) mass is 276 g/mol. The number of ether oxygens (including phenoxy) is 1. The maximum absolute atomic E-state index is 5.35. The van der Waals surface area contributed by atoms with Gasteiger partial charge in [-0.15, -0.1) is 0 Å². The summed E-state index contributed by atoms with van der Waals surface area (Å²) in [5, 5.41) is 3.48. The standard InChI is InChI=1S/C17H28N2O/c1-14(12-19-11-7-10-16(19)13-20-3)17(18-2)15-8-5-4-6-9-15/h4-6,8-9,14,16-18H,7,10-13H2,1-3H3/t14-,16+,17+/m0/s1. The van der Waals surface area contributed by atoms with Crippen molar-refractivity contribution in [1.29, 1.82) is 0 Å². The minimum absolute atomic E-state index is 0.417. The second kappa shape index (κ2) is 7.77. The van der Waals surface area contributed by atoms with E-state index in [1.54, 1.807) is 7.11 Å². The molecule has 3 heteroatoms. The summed E-state index contributed by atoms with van der Waals surface area (Å²) in [7, 11) is 3.87. The number of likely N-dealkylation sites (tertiary alicyclic amines) is 1. The Balaban J connectivity index is 1.97. The van der Waals surface area contributed by atoms with Crippen LogP contribution in [0.15, 0.2) is 30.3 Å². The Hall–Kier alpha value is -0.900. The van der Waals surface area contributed by atoms with Crippen LogP contribution in [0.1, 0.15) is 31.4 Å². The van der Waals surface area contributed by atoms with Gasteiger partial charge in [-0.05, 0) is 37.9 Å². The maximum Gasteiger partial charge on any atom is 0.0618 e. The molecule has 0 aliphatic carbocycles. The number of nitrogens with zero attached hydrogens (tertiary/aromatic N) is 1. The predicted molar refractivity (Wildman–Crippen MR) is 83.9 cm³/mol. The van der Waals surface area contributed by atoms with Gasteiger partial charge in [-0.1, -0.05) is 37.3 Å². The second-order valence-corrected chi connectivity index (χ2v) is 5.90. The van der Waals surface area contributed by atoms with Gasteiger partial charge in [-0.2, -0.15) is 0 Å². The molecule has 1 aliphatic heterocycles. The highest BCUT2D eigenvalue weighted by molar-refractivity contribution is 5.19. The van der Waals surface area contributed by atoms with Crippen molar-refractivity contribution >= 4 is 0 Å². The lowest BCUT2D eigenvalue weighted by molar-refractivity contribution is 0.102. The average Bonchev–Trinajstić information content (AvgIpc) is 2.88. The molecular formula is C17H28N2O. The van der Waals surface area contributed by atoms with Crippen LogP contribution in [-0.4, -0.2) is 44.8 Å². The molecule has 20 heavy (non-hydrogen) atoms. The Kier molecular flexibility index (Phi) is 6.02. The van der Waals surface area contributed by atoms with Crippen molar-refractivity contribution in [2.75, 3.05) is 33.9 Å². The molecule has 0 aromatic heterocycles. The van der Waals surface area contributed by atoms with Gasteiger partial charge in [0.05, 0.1) is 6.61 Å². The van der Waals surface area contributed by atoms with Gasteiger partial charge in [0, 0.05) is 25.7 Å². The van der Waals surface area contributed by atoms with Gasteiger partial charge in [0.15, 0.2) is 0 Å². The average molecular weight is 276 g/mol. The van der Waals surface area contributed by atoms with Crippen molar-refractivity contribution in [1.82, 2.24) is 10.2 Å². The van der Waals surface area contributed by atoms with E-state index in [9.17, 15) is 0 Å². The summed E-state index contributed by atoms with van der Waals surface area (Å²) in [5.74, 6) is 0.583. The summed E-state index contributed by atoms with van der Waals surface area (Å²) in [6.07, 6.45) is 2.58. The molecule has 1 aliphatic rings. The third kappa shape index (κ3) is 3.81. The topological polar surface area (TPSA) is 24.5 Å². The number of rotatable bonds is 7. The van der Waals surface area contributed by atoms with E-state index >= 15 is 0 Å². The van der Waals surface area contributed by atoms with Crippen molar-refractivity contribution in [3.05, 3.63) is 35.9 Å². The van der Waals surface area contributed by atoms with Crippen LogP contribution in [0.5, 0.6) is 0 Å². The van der Waals surface area contributed by atoms with E-state index in [4.69, 9.17) is 4.74 Å². The Morgan fingerprint density at radius 3 is 2.75 bits per heavy atom. The van der Waals surface area contributed by atoms with Crippen molar-refractivity contribution < 1.29 is 4.74 Å². The first-order chi connectivity index (χ1) is 9.76. The van der Waals surface area contributed by atoms with Crippen molar-refractivity contribution in [3.8, 4) is 0 Å². The van der Waals surface area contributed by atoms with E-state index < -0.39 is 0 Å². The lowest BCUT2D eigenvalue weighted by atomic mass is 9.94. The normalized spacial score (nSPS) is 22.9. The van der Waals surface area contributed by atoms with Crippen LogP contribution in [0.3, 0.4) is 0 Å². The highest BCUT2D eigenvalue weighted by Crippen LogP contribution is 2.26. The van der Waals surface area contributed by atoms with E-state index in [2.05, 4.69) is 54.5 Å². The molecule has 1 fully saturated rings. The number of benzene rings is 1. The van der Waals surface area contributed by atoms with Gasteiger partial charge in [0.2, 0.25) is 0 Å². The Morgan fingerprint density at radius 1 is 1.35 bits per heavy atom. The zero-order valence-corrected chi connectivity index (χ0v) is 13.0. The molecule has 1 saturated heterocycles. The van der Waals surface area contributed by atoms with Crippen LogP contribution in [0.4, 0.5) is 0 Å². The number of hydrogen-bond acceptors (Lipinski definition) is 3. The molecule has 3 atom stereocenters. The molecule has 0 unspecified atom stereocenters. The van der Waals surface area contributed by atoms with E-state index in [1.807, 2.05) is 0 Å². The van der Waals surface area contributed by atoms with Crippen LogP contribution in [0, 0.1) is 5.92 Å². The van der Waals surface area contributed by atoms with Crippen LogP contribution < -0.4 is 5.32 Å². The molecule has 0 radical (unpaired) electrons. The van der Waals surface area contributed by atoms with Gasteiger partial charge in [0.1, 0.15) is 0 Å². The quantitative estimate of drug-likeness (QED) is 0.828. The fraction of sp³-hybridized carbons (Fsp3) is 0.647. The summed E-state index contributed by atoms with van der Waals surface area (Å²) in [6.45, 7) is 5.55. The molecular weight excluding hydrogens is 248 g/mol. The second-order valence-electron chi connectivity index (χ2n) is 5.90. The molecule has 0 spiro atoms. The van der Waals surface area contributed by atoms with Crippen LogP contribution in [-0.2, 0) is 4.74 Å². The third-order valence-corrected chi connectivity index (χ3v) is 4.42. The molecule has 3 nitrogen and oxygen atoms in total. The largest absolute Gasteiger partial charge is 0.383 e. The maximum atomic E-state index is 5.35. The summed E-state index contributed by atoms with van der Waals surface area (Å²) in [6, 6.07) is 11.8. The van der Waals surface area contributed by atoms with Gasteiger partial charge in [-0.25, -0.2) is 0 Å². The fourth-order valence-electron chi connectivity index (χ4n) is 3.43. The summed E-state index contributed by atoms with van der Waals surface area (Å²) in [4.78, 5) is 2.60. The third-order valence-electron chi connectivity index (χ3n) is 4.42. The van der Waals surface area contributed by atoms with E-state index in [0.717, 1.165) is 13.2 Å². The highest BCUT2D eigenvalue weighted by atomic mass is 16.5. The van der Waals surface area contributed by atoms with Gasteiger partial charge in [0.25, 0.3) is 0 Å². The van der Waals surface area contributed by atoms with Crippen molar-refractivity contribution in [3.63, 3.8) is 0 Å². The summed E-state index contributed by atoms with van der Waals surface area (Å²) < 4.78 is 5.35. The molecule has 0 saturated carbocycles. The number of hydrogen-bond donors (Lipinski definition) is 1. The zero-order valence-electron chi connectivity index (χ0n) is 13.0. The number of nitrogens with one attached hydrogen (secondary N) is 1. The first-order valence-corrected chi connectivity index (χ1v) is 7.71. The molecule has 2 rings (SSSR count). The van der Waals surface area contributed by atoms with E-state index in [-0.39, 0.29) is 0 Å². The zero-order chi connectivity index (χ0) is 14.4. The van der Waals surface area contributed by atoms with Crippen molar-refractivity contribution in [2.24, 2.45) is 5.92 Å². The van der Waals surface area contributed by atoms with Gasteiger partial charge in [-0.3, -0.25) is 4.90 Å². The summed E-state index contributed by atoms with van der Waals surface area (Å²) in [5.41, 5.74) is 1.38. The van der Waals surface area contributed by atoms with E-state index in [0.29, 0.717) is 18.0 Å². The van der Waals surface area contributed by atoms with Gasteiger partial charge >= 0.3 is 0 Å². The fourth-order valence-corrected chi connectivity index (χ4v) is 3.43. The summed E-state index contributed by atoms with van der Waals surface area (Å²) >= 11 is 0. The lowest BCUT2D eigenvalue weighted by Gasteiger charge is -2.31. The minimum atomic E-state index is 0.417. The first kappa shape index (κ1) is 15.5. The number of methoxy groups -OCH3 is 1. The molecule has 1 aromatic rings.